The van der Waals surface area contributed by atoms with Gasteiger partial charge in [0.05, 0.1) is 4.11 Å². The maximum Gasteiger partial charge on any atom is 0.125 e. The van der Waals surface area contributed by atoms with Crippen LogP contribution in [0.4, 0.5) is 5.82 Å². The van der Waals surface area contributed by atoms with Crippen molar-refractivity contribution in [2.24, 2.45) is 0 Å². The number of hydrogen-bond acceptors (Lipinski definition) is 2. The minimum absolute atomic E-state index is 0.0728. The lowest BCUT2D eigenvalue weighted by Gasteiger charge is -1.95. The molecule has 0 saturated carbocycles. The maximum absolute atomic E-state index is 7.44. The minimum atomic E-state index is -2.49. The molecule has 0 radical (unpaired) electrons. The fourth-order valence-electron chi connectivity index (χ4n) is 0.334. The summed E-state index contributed by atoms with van der Waals surface area (Å²) in [7, 11) is 0. The molecule has 0 amide bonds. The highest BCUT2D eigenvalue weighted by Crippen LogP contribution is 2.09. The first-order valence-corrected chi connectivity index (χ1v) is 2.93. The first kappa shape index (κ1) is 2.23. The Bertz CT molecular complexity index is 390. The van der Waals surface area contributed by atoms with Gasteiger partial charge in [0.25, 0.3) is 0 Å². The van der Waals surface area contributed by atoms with Crippen LogP contribution in [0.2, 0.25) is 0 Å². The molecule has 0 fully saturated rings. The molecule has 0 aliphatic heterocycles. The van der Waals surface area contributed by atoms with Crippen LogP contribution < -0.4 is 5.32 Å². The van der Waals surface area contributed by atoms with Gasteiger partial charge in [-0.3, -0.25) is 0 Å². The molecule has 0 aliphatic carbocycles. The highest BCUT2D eigenvalue weighted by Gasteiger charge is 1.86. The van der Waals surface area contributed by atoms with Gasteiger partial charge < -0.3 is 5.32 Å². The number of aromatic nitrogens is 1. The summed E-state index contributed by atoms with van der Waals surface area (Å²) < 4.78 is 43.0. The van der Waals surface area contributed by atoms with E-state index in [-0.39, 0.29) is 28.5 Å². The van der Waals surface area contributed by atoms with Crippen LogP contribution in [0.15, 0.2) is 22.7 Å². The van der Waals surface area contributed by atoms with Crippen LogP contribution in [0.1, 0.15) is 8.22 Å². The van der Waals surface area contributed by atoms with Crippen molar-refractivity contribution < 1.29 is 8.22 Å². The third-order valence-corrected chi connectivity index (χ3v) is 1.05. The Labute approximate surface area is 70.9 Å². The fourth-order valence-corrected chi connectivity index (χ4v) is 0.522. The smallest absolute Gasteiger partial charge is 0.125 e. The van der Waals surface area contributed by atoms with Crippen LogP contribution in [0.3, 0.4) is 0 Å². The highest BCUT2D eigenvalue weighted by atomic mass is 79.9. The van der Waals surface area contributed by atoms with Gasteiger partial charge in [-0.2, -0.15) is 0 Å². The molecule has 0 aromatic carbocycles. The molecule has 9 heavy (non-hydrogen) atoms. The van der Waals surface area contributed by atoms with E-state index < -0.39 is 6.98 Å². The van der Waals surface area contributed by atoms with E-state index in [2.05, 4.69) is 20.9 Å². The van der Waals surface area contributed by atoms with E-state index in [1.54, 1.807) is 0 Å². The van der Waals surface area contributed by atoms with E-state index in [9.17, 15) is 0 Å². The van der Waals surface area contributed by atoms with Crippen LogP contribution in [0, 0.1) is 0 Å². The van der Waals surface area contributed by atoms with Crippen LogP contribution in [0.25, 0.3) is 0 Å². The zero-order valence-corrected chi connectivity index (χ0v) is 5.91. The van der Waals surface area contributed by atoms with Crippen LogP contribution >= 0.6 is 15.9 Å². The number of pyridine rings is 1. The summed E-state index contributed by atoms with van der Waals surface area (Å²) in [5.41, 5.74) is 0. The Morgan fingerprint density at radius 3 is 3.56 bits per heavy atom. The lowest BCUT2D eigenvalue weighted by Crippen LogP contribution is -1.89. The second-order valence-corrected chi connectivity index (χ2v) is 2.05. The molecule has 1 N–H and O–H groups in total. The number of nitrogens with one attached hydrogen (secondary N) is 1. The molecule has 0 bridgehead atoms. The summed E-state index contributed by atoms with van der Waals surface area (Å²) in [5, 5.41) is 2.00. The molecular weight excluding hydrogens is 180 g/mol. The number of anilines is 1. The molecule has 0 spiro atoms. The number of halogens is 1. The van der Waals surface area contributed by atoms with Crippen molar-refractivity contribution in [3.63, 3.8) is 0 Å². The lowest BCUT2D eigenvalue weighted by molar-refractivity contribution is 1.27. The van der Waals surface area contributed by atoms with Gasteiger partial charge in [0, 0.05) is 21.7 Å². The standard InChI is InChI=1S/C6H7BrN2/c1-8-6-3-2-5(7)4-9-6/h2-4H,1H3,(H,8,9)/i1D3,2D,3D,4D. The van der Waals surface area contributed by atoms with Crippen molar-refractivity contribution in [3.8, 4) is 0 Å². The summed E-state index contributed by atoms with van der Waals surface area (Å²) in [4.78, 5) is 3.56. The van der Waals surface area contributed by atoms with E-state index in [0.717, 1.165) is 0 Å². The monoisotopic (exact) mass is 192 g/mol. The van der Waals surface area contributed by atoms with Crippen LogP contribution in [-0.4, -0.2) is 12.0 Å². The molecule has 1 aromatic rings. The van der Waals surface area contributed by atoms with Crippen LogP contribution in [0.5, 0.6) is 0 Å². The number of nitrogens with zero attached hydrogens (tertiary/aromatic N) is 1. The Hall–Kier alpha value is -0.570. The van der Waals surface area contributed by atoms with Crippen molar-refractivity contribution in [3.05, 3.63) is 22.7 Å². The molecule has 0 unspecified atom stereocenters. The first-order chi connectivity index (χ1) is 6.72. The van der Waals surface area contributed by atoms with Gasteiger partial charge >= 0.3 is 0 Å². The predicted octanol–water partition coefficient (Wildman–Crippen LogP) is 1.89. The van der Waals surface area contributed by atoms with E-state index in [0.29, 0.717) is 0 Å². The Balaban J connectivity index is 3.21. The van der Waals surface area contributed by atoms with Crippen LogP contribution in [-0.2, 0) is 0 Å². The quantitative estimate of drug-likeness (QED) is 0.736. The van der Waals surface area contributed by atoms with Gasteiger partial charge in [0.15, 0.2) is 0 Å². The molecule has 0 saturated heterocycles. The third kappa shape index (κ3) is 1.68. The SMILES string of the molecule is [2H]c1nc(NC([2H])([2H])[2H])c([2H])c([2H])c1Br. The van der Waals surface area contributed by atoms with Gasteiger partial charge in [0.2, 0.25) is 0 Å². The van der Waals surface area contributed by atoms with Crippen molar-refractivity contribution in [2.45, 2.75) is 0 Å². The Kier molecular flexibility index (Phi) is 0.701. The zero-order chi connectivity index (χ0) is 11.8. The number of hydrogen-bond donors (Lipinski definition) is 1. The molecule has 2 nitrogen and oxygen atoms in total. The second-order valence-electron chi connectivity index (χ2n) is 1.26. The summed E-state index contributed by atoms with van der Waals surface area (Å²) in [6, 6.07) is -0.615. The highest BCUT2D eigenvalue weighted by molar-refractivity contribution is 9.10. The van der Waals surface area contributed by atoms with Gasteiger partial charge in [-0.25, -0.2) is 4.98 Å². The van der Waals surface area contributed by atoms with Gasteiger partial charge in [0.1, 0.15) is 5.82 Å². The summed E-state index contributed by atoms with van der Waals surface area (Å²) in [5.74, 6) is -0.284. The minimum Gasteiger partial charge on any atom is -0.373 e. The molecule has 48 valence electrons. The van der Waals surface area contributed by atoms with E-state index in [4.69, 9.17) is 8.22 Å². The van der Waals surface area contributed by atoms with Gasteiger partial charge in [-0.15, -0.1) is 0 Å². The van der Waals surface area contributed by atoms with Gasteiger partial charge in [-0.05, 0) is 28.0 Å². The van der Waals surface area contributed by atoms with E-state index >= 15 is 0 Å². The molecule has 0 aliphatic rings. The topological polar surface area (TPSA) is 24.9 Å². The van der Waals surface area contributed by atoms with E-state index in [1.165, 1.54) is 0 Å². The summed E-state index contributed by atoms with van der Waals surface area (Å²) >= 11 is 2.92. The lowest BCUT2D eigenvalue weighted by atomic mass is 10.5. The molecule has 1 rings (SSSR count). The molecule has 1 aromatic heterocycles. The molecule has 1 heterocycles. The fraction of sp³-hybridized carbons (Fsp3) is 0.167. The van der Waals surface area contributed by atoms with Crippen molar-refractivity contribution in [2.75, 3.05) is 12.3 Å². The van der Waals surface area contributed by atoms with Gasteiger partial charge in [-0.1, -0.05) is 0 Å². The normalized spacial score (nSPS) is 20.1. The Morgan fingerprint density at radius 1 is 1.89 bits per heavy atom. The van der Waals surface area contributed by atoms with Crippen molar-refractivity contribution in [1.82, 2.24) is 4.98 Å². The van der Waals surface area contributed by atoms with Crippen molar-refractivity contribution in [1.29, 1.82) is 0 Å². The third-order valence-electron chi connectivity index (χ3n) is 0.675. The average molecular weight is 193 g/mol. The molecule has 3 heteroatoms. The van der Waals surface area contributed by atoms with E-state index in [1.807, 2.05) is 5.32 Å². The molecule has 0 atom stereocenters. The first-order valence-electron chi connectivity index (χ1n) is 5.14. The summed E-state index contributed by atoms with van der Waals surface area (Å²) in [6.07, 6.45) is -0.275. The largest absolute Gasteiger partial charge is 0.373 e. The zero-order valence-electron chi connectivity index (χ0n) is 10.3. The second kappa shape index (κ2) is 2.82. The number of rotatable bonds is 1. The summed E-state index contributed by atoms with van der Waals surface area (Å²) in [6.45, 7) is -2.49. The maximum atomic E-state index is 7.44. The predicted molar refractivity (Wildman–Crippen MR) is 41.5 cm³/mol. The molecular formula is C6H7BrN2. The average Bonchev–Trinajstić information content (AvgIpc) is 2.08. The Morgan fingerprint density at radius 2 is 2.78 bits per heavy atom. The van der Waals surface area contributed by atoms with Crippen molar-refractivity contribution >= 4 is 21.7 Å².